The molecule has 2 saturated heterocycles. The summed E-state index contributed by atoms with van der Waals surface area (Å²) in [5.74, 6) is 0.0560. The normalized spacial score (nSPS) is 18.9. The maximum atomic E-state index is 13.4. The minimum Gasteiger partial charge on any atom is -0.344 e. The Kier molecular flexibility index (Phi) is 5.82. The summed E-state index contributed by atoms with van der Waals surface area (Å²) in [5, 5.41) is 3.00. The number of aromatic nitrogens is 2. The fourth-order valence-electron chi connectivity index (χ4n) is 5.22. The fraction of sp³-hybridized carbons (Fsp3) is 0.333. The van der Waals surface area contributed by atoms with Gasteiger partial charge in [0, 0.05) is 51.0 Å². The maximum Gasteiger partial charge on any atom is 0.254 e. The van der Waals surface area contributed by atoms with Crippen LogP contribution in [0.25, 0.3) is 21.1 Å². The van der Waals surface area contributed by atoms with Gasteiger partial charge in [-0.05, 0) is 41.8 Å². The minimum atomic E-state index is -0.138. The summed E-state index contributed by atoms with van der Waals surface area (Å²) in [6.07, 6.45) is 3.48. The van der Waals surface area contributed by atoms with E-state index in [1.165, 1.54) is 0 Å². The van der Waals surface area contributed by atoms with Crippen LogP contribution in [0, 0.1) is 5.92 Å². The van der Waals surface area contributed by atoms with Crippen LogP contribution in [-0.2, 0) is 4.79 Å². The number of carbonyl (C=O) groups is 2. The molecular formula is C27H27N5O2S. The largest absolute Gasteiger partial charge is 0.344 e. The molecule has 8 heteroatoms. The molecule has 7 nitrogen and oxygen atoms in total. The van der Waals surface area contributed by atoms with Crippen LogP contribution in [0.5, 0.6) is 0 Å². The van der Waals surface area contributed by atoms with Crippen molar-refractivity contribution in [2.45, 2.75) is 12.8 Å². The molecule has 1 atom stereocenters. The van der Waals surface area contributed by atoms with Crippen LogP contribution in [0.2, 0.25) is 0 Å². The van der Waals surface area contributed by atoms with Gasteiger partial charge in [-0.25, -0.2) is 9.97 Å². The van der Waals surface area contributed by atoms with Crippen LogP contribution in [0.4, 0.5) is 5.13 Å². The number of piperidine rings is 1. The Hall–Kier alpha value is -3.52. The van der Waals surface area contributed by atoms with Crippen LogP contribution < -0.4 is 4.90 Å². The Morgan fingerprint density at radius 1 is 0.886 bits per heavy atom. The second-order valence-corrected chi connectivity index (χ2v) is 10.2. The van der Waals surface area contributed by atoms with Gasteiger partial charge in [0.25, 0.3) is 5.91 Å². The SMILES string of the molecule is O=C(c1cccc2ccccc12)N1CCCC(C(=O)N2CCN(c3nc4cccnc4s3)CC2)C1. The number of amides is 2. The molecule has 2 aromatic heterocycles. The van der Waals surface area contributed by atoms with Crippen molar-refractivity contribution >= 4 is 49.4 Å². The van der Waals surface area contributed by atoms with Crippen molar-refractivity contribution in [3.8, 4) is 0 Å². The molecule has 2 aliphatic heterocycles. The van der Waals surface area contributed by atoms with Gasteiger partial charge in [-0.1, -0.05) is 47.7 Å². The molecule has 4 heterocycles. The van der Waals surface area contributed by atoms with Crippen LogP contribution in [0.3, 0.4) is 0 Å². The van der Waals surface area contributed by atoms with E-state index in [2.05, 4.69) is 9.88 Å². The lowest BCUT2D eigenvalue weighted by molar-refractivity contribution is -0.137. The topological polar surface area (TPSA) is 69.6 Å². The number of carbonyl (C=O) groups excluding carboxylic acids is 2. The second-order valence-electron chi connectivity index (χ2n) is 9.25. The Balaban J connectivity index is 1.11. The third kappa shape index (κ3) is 4.23. The highest BCUT2D eigenvalue weighted by atomic mass is 32.1. The zero-order chi connectivity index (χ0) is 23.8. The molecule has 35 heavy (non-hydrogen) atoms. The van der Waals surface area contributed by atoms with Gasteiger partial charge in [0.2, 0.25) is 5.91 Å². The Morgan fingerprint density at radius 3 is 2.57 bits per heavy atom. The lowest BCUT2D eigenvalue weighted by atomic mass is 9.95. The van der Waals surface area contributed by atoms with E-state index in [0.29, 0.717) is 26.2 Å². The Morgan fingerprint density at radius 2 is 1.71 bits per heavy atom. The number of nitrogens with zero attached hydrogens (tertiary/aromatic N) is 5. The summed E-state index contributed by atoms with van der Waals surface area (Å²) >= 11 is 1.60. The third-order valence-corrected chi connectivity index (χ3v) is 8.13. The molecule has 2 fully saturated rings. The number of fused-ring (bicyclic) bond motifs is 2. The summed E-state index contributed by atoms with van der Waals surface area (Å²) in [6, 6.07) is 17.7. The van der Waals surface area contributed by atoms with Crippen LogP contribution >= 0.6 is 11.3 Å². The van der Waals surface area contributed by atoms with Crippen LogP contribution in [0.1, 0.15) is 23.2 Å². The van der Waals surface area contributed by atoms with Gasteiger partial charge in [0.05, 0.1) is 5.92 Å². The van der Waals surface area contributed by atoms with Gasteiger partial charge < -0.3 is 14.7 Å². The van der Waals surface area contributed by atoms with E-state index in [-0.39, 0.29) is 17.7 Å². The number of benzene rings is 2. The maximum absolute atomic E-state index is 13.4. The number of piperazine rings is 1. The first-order valence-electron chi connectivity index (χ1n) is 12.2. The van der Waals surface area contributed by atoms with Crippen molar-refractivity contribution in [3.63, 3.8) is 0 Å². The lowest BCUT2D eigenvalue weighted by Gasteiger charge is -2.39. The Labute approximate surface area is 208 Å². The molecule has 1 unspecified atom stereocenters. The van der Waals surface area contributed by atoms with E-state index in [0.717, 1.165) is 57.7 Å². The molecule has 178 valence electrons. The molecular weight excluding hydrogens is 458 g/mol. The predicted octanol–water partition coefficient (Wildman–Crippen LogP) is 4.05. The highest BCUT2D eigenvalue weighted by Crippen LogP contribution is 2.29. The molecule has 4 aromatic rings. The number of thiazole rings is 1. The summed E-state index contributed by atoms with van der Waals surface area (Å²) < 4.78 is 0. The van der Waals surface area contributed by atoms with Crippen molar-refractivity contribution in [1.29, 1.82) is 0 Å². The number of likely N-dealkylation sites (tertiary alicyclic amines) is 1. The molecule has 2 aromatic carbocycles. The number of hydrogen-bond acceptors (Lipinski definition) is 6. The van der Waals surface area contributed by atoms with E-state index in [9.17, 15) is 9.59 Å². The van der Waals surface area contributed by atoms with E-state index in [4.69, 9.17) is 4.98 Å². The van der Waals surface area contributed by atoms with Crippen molar-refractivity contribution in [2.75, 3.05) is 44.2 Å². The van der Waals surface area contributed by atoms with Crippen molar-refractivity contribution in [1.82, 2.24) is 19.8 Å². The smallest absolute Gasteiger partial charge is 0.254 e. The first kappa shape index (κ1) is 22.0. The zero-order valence-corrected chi connectivity index (χ0v) is 20.3. The molecule has 6 rings (SSSR count). The van der Waals surface area contributed by atoms with Crippen LogP contribution in [-0.4, -0.2) is 70.9 Å². The standard InChI is InChI=1S/C27H27N5O2S/c33-25(30-14-16-31(17-15-30)27-29-23-11-4-12-28-24(23)35-27)20-8-5-13-32(18-20)26(34)22-10-3-7-19-6-1-2-9-21(19)22/h1-4,6-7,9-12,20H,5,8,13-18H2. The van der Waals surface area contributed by atoms with Gasteiger partial charge in [-0.15, -0.1) is 0 Å². The van der Waals surface area contributed by atoms with Gasteiger partial charge >= 0.3 is 0 Å². The van der Waals surface area contributed by atoms with Crippen LogP contribution in [0.15, 0.2) is 60.8 Å². The first-order valence-corrected chi connectivity index (χ1v) is 13.0. The monoisotopic (exact) mass is 485 g/mol. The molecule has 2 amide bonds. The molecule has 0 spiro atoms. The molecule has 0 bridgehead atoms. The quantitative estimate of drug-likeness (QED) is 0.438. The zero-order valence-electron chi connectivity index (χ0n) is 19.5. The molecule has 0 N–H and O–H groups in total. The molecule has 0 saturated carbocycles. The minimum absolute atomic E-state index is 0.0218. The summed E-state index contributed by atoms with van der Waals surface area (Å²) in [4.78, 5) is 43.0. The van der Waals surface area contributed by atoms with E-state index in [1.807, 2.05) is 64.4 Å². The first-order chi connectivity index (χ1) is 17.2. The molecule has 2 aliphatic rings. The highest BCUT2D eigenvalue weighted by molar-refractivity contribution is 7.21. The van der Waals surface area contributed by atoms with Gasteiger partial charge in [0.1, 0.15) is 10.3 Å². The van der Waals surface area contributed by atoms with E-state index in [1.54, 1.807) is 17.5 Å². The third-order valence-electron chi connectivity index (χ3n) is 7.09. The summed E-state index contributed by atoms with van der Waals surface area (Å²) in [7, 11) is 0. The molecule has 0 aliphatic carbocycles. The average Bonchev–Trinajstić information content (AvgIpc) is 3.36. The number of anilines is 1. The summed E-state index contributed by atoms with van der Waals surface area (Å²) in [6.45, 7) is 4.07. The van der Waals surface area contributed by atoms with Crippen molar-refractivity contribution in [3.05, 3.63) is 66.4 Å². The predicted molar refractivity (Wildman–Crippen MR) is 139 cm³/mol. The molecule has 0 radical (unpaired) electrons. The number of hydrogen-bond donors (Lipinski definition) is 0. The lowest BCUT2D eigenvalue weighted by Crippen LogP contribution is -2.53. The second kappa shape index (κ2) is 9.26. The number of rotatable bonds is 3. The van der Waals surface area contributed by atoms with Crippen molar-refractivity contribution < 1.29 is 9.59 Å². The Bertz CT molecular complexity index is 1360. The van der Waals surface area contributed by atoms with Gasteiger partial charge in [0.15, 0.2) is 5.13 Å². The summed E-state index contributed by atoms with van der Waals surface area (Å²) in [5.41, 5.74) is 1.64. The average molecular weight is 486 g/mol. The number of pyridine rings is 1. The highest BCUT2D eigenvalue weighted by Gasteiger charge is 2.33. The van der Waals surface area contributed by atoms with Gasteiger partial charge in [-0.2, -0.15) is 0 Å². The van der Waals surface area contributed by atoms with Crippen molar-refractivity contribution in [2.24, 2.45) is 5.92 Å². The van der Waals surface area contributed by atoms with Gasteiger partial charge in [-0.3, -0.25) is 9.59 Å². The van der Waals surface area contributed by atoms with E-state index >= 15 is 0 Å². The fourth-order valence-corrected chi connectivity index (χ4v) is 6.18. The van der Waals surface area contributed by atoms with E-state index < -0.39 is 0 Å².